The van der Waals surface area contributed by atoms with Crippen LogP contribution in [0.25, 0.3) is 22.4 Å². The van der Waals surface area contributed by atoms with Crippen molar-refractivity contribution < 1.29 is 5.21 Å². The molecule has 4 rings (SSSR count). The van der Waals surface area contributed by atoms with E-state index in [1.54, 1.807) is 12.4 Å². The van der Waals surface area contributed by atoms with Gasteiger partial charge in [-0.3, -0.25) is 9.97 Å². The number of benzene rings is 1. The third kappa shape index (κ3) is 2.38. The summed E-state index contributed by atoms with van der Waals surface area (Å²) in [6.45, 7) is 0. The van der Waals surface area contributed by atoms with E-state index in [1.807, 2.05) is 36.5 Å². The summed E-state index contributed by atoms with van der Waals surface area (Å²) in [6, 6.07) is 14.2. The van der Waals surface area contributed by atoms with Gasteiger partial charge in [0.1, 0.15) is 0 Å². The Morgan fingerprint density at radius 1 is 0.870 bits per heavy atom. The molecular formula is C19H15N3O. The zero-order valence-corrected chi connectivity index (χ0v) is 12.5. The number of nitrogens with zero attached hydrogens (tertiary/aromatic N) is 3. The van der Waals surface area contributed by atoms with Gasteiger partial charge in [0.15, 0.2) is 0 Å². The van der Waals surface area contributed by atoms with Crippen LogP contribution in [0.3, 0.4) is 0 Å². The number of hydrogen-bond donors (Lipinski definition) is 1. The van der Waals surface area contributed by atoms with Gasteiger partial charge in [-0.05, 0) is 48.2 Å². The Labute approximate surface area is 134 Å². The van der Waals surface area contributed by atoms with Crippen LogP contribution in [-0.4, -0.2) is 20.9 Å². The molecule has 23 heavy (non-hydrogen) atoms. The van der Waals surface area contributed by atoms with Crippen LogP contribution in [0.4, 0.5) is 0 Å². The van der Waals surface area contributed by atoms with Crippen molar-refractivity contribution in [3.05, 3.63) is 72.2 Å². The maximum Gasteiger partial charge on any atom is 0.0873 e. The van der Waals surface area contributed by atoms with E-state index in [1.165, 1.54) is 5.56 Å². The number of aromatic nitrogens is 2. The average Bonchev–Trinajstić information content (AvgIpc) is 3.05. The van der Waals surface area contributed by atoms with Crippen molar-refractivity contribution in [2.24, 2.45) is 5.16 Å². The first-order chi connectivity index (χ1) is 11.4. The van der Waals surface area contributed by atoms with E-state index >= 15 is 0 Å². The minimum Gasteiger partial charge on any atom is -0.411 e. The molecule has 0 saturated carbocycles. The molecule has 0 aliphatic heterocycles. The highest BCUT2D eigenvalue weighted by Crippen LogP contribution is 2.33. The van der Waals surface area contributed by atoms with E-state index in [4.69, 9.17) is 5.21 Å². The van der Waals surface area contributed by atoms with Crippen LogP contribution in [0, 0.1) is 0 Å². The molecule has 0 atom stereocenters. The molecule has 0 fully saturated rings. The predicted octanol–water partition coefficient (Wildman–Crippen LogP) is 3.94. The molecular weight excluding hydrogens is 286 g/mol. The average molecular weight is 301 g/mol. The smallest absolute Gasteiger partial charge is 0.0873 e. The van der Waals surface area contributed by atoms with Gasteiger partial charge in [-0.15, -0.1) is 0 Å². The normalized spacial score (nSPS) is 14.9. The molecule has 0 saturated heterocycles. The second-order valence-electron chi connectivity index (χ2n) is 5.55. The molecule has 3 aromatic rings. The topological polar surface area (TPSA) is 58.4 Å². The predicted molar refractivity (Wildman–Crippen MR) is 89.5 cm³/mol. The van der Waals surface area contributed by atoms with Gasteiger partial charge in [0, 0.05) is 35.3 Å². The second kappa shape index (κ2) is 5.65. The van der Waals surface area contributed by atoms with Crippen molar-refractivity contribution in [1.82, 2.24) is 9.97 Å². The lowest BCUT2D eigenvalue weighted by molar-refractivity contribution is 0.318. The zero-order chi connectivity index (χ0) is 15.6. The summed E-state index contributed by atoms with van der Waals surface area (Å²) in [4.78, 5) is 8.67. The number of rotatable bonds is 2. The van der Waals surface area contributed by atoms with Crippen LogP contribution in [0.15, 0.2) is 66.2 Å². The Morgan fingerprint density at radius 2 is 1.74 bits per heavy atom. The fraction of sp³-hybridized carbons (Fsp3) is 0.105. The highest BCUT2D eigenvalue weighted by Gasteiger charge is 2.19. The van der Waals surface area contributed by atoms with E-state index in [0.29, 0.717) is 0 Å². The number of aryl methyl sites for hydroxylation is 1. The summed E-state index contributed by atoms with van der Waals surface area (Å²) in [5.41, 5.74) is 7.23. The number of fused-ring (bicyclic) bond motifs is 1. The van der Waals surface area contributed by atoms with Gasteiger partial charge in [0.05, 0.1) is 11.4 Å². The lowest BCUT2D eigenvalue weighted by Gasteiger charge is -2.10. The Hall–Kier alpha value is -3.01. The SMILES string of the molecule is O/N=C1/CCc2cc(-c3ncccc3-c3ccncc3)ccc21. The highest BCUT2D eigenvalue weighted by atomic mass is 16.4. The van der Waals surface area contributed by atoms with E-state index < -0.39 is 0 Å². The Bertz CT molecular complexity index is 888. The minimum atomic E-state index is 0.766. The summed E-state index contributed by atoms with van der Waals surface area (Å²) in [5, 5.41) is 12.5. The van der Waals surface area contributed by atoms with Gasteiger partial charge in [-0.1, -0.05) is 23.4 Å². The number of pyridine rings is 2. The van der Waals surface area contributed by atoms with E-state index in [2.05, 4.69) is 27.3 Å². The van der Waals surface area contributed by atoms with Gasteiger partial charge < -0.3 is 5.21 Å². The fourth-order valence-electron chi connectivity index (χ4n) is 3.12. The molecule has 0 bridgehead atoms. The maximum atomic E-state index is 9.06. The standard InChI is InChI=1S/C19H15N3O/c23-22-18-6-4-14-12-15(3-5-16(14)18)19-17(2-1-9-21-19)13-7-10-20-11-8-13/h1-3,5,7-12,23H,4,6H2/b22-18-. The Kier molecular flexibility index (Phi) is 3.35. The Balaban J connectivity index is 1.84. The van der Waals surface area contributed by atoms with Crippen LogP contribution >= 0.6 is 0 Å². The number of oxime groups is 1. The summed E-state index contributed by atoms with van der Waals surface area (Å²) in [6.07, 6.45) is 7.08. The quantitative estimate of drug-likeness (QED) is 0.576. The van der Waals surface area contributed by atoms with Crippen LogP contribution < -0.4 is 0 Å². The molecule has 1 aliphatic rings. The fourth-order valence-corrected chi connectivity index (χ4v) is 3.12. The minimum absolute atomic E-state index is 0.766. The first-order valence-corrected chi connectivity index (χ1v) is 7.57. The second-order valence-corrected chi connectivity index (χ2v) is 5.55. The van der Waals surface area contributed by atoms with Crippen molar-refractivity contribution in [2.75, 3.05) is 0 Å². The molecule has 1 N–H and O–H groups in total. The molecule has 4 heteroatoms. The van der Waals surface area contributed by atoms with E-state index in [9.17, 15) is 0 Å². The molecule has 1 aliphatic carbocycles. The van der Waals surface area contributed by atoms with Crippen molar-refractivity contribution >= 4 is 5.71 Å². The maximum absolute atomic E-state index is 9.06. The van der Waals surface area contributed by atoms with Crippen LogP contribution in [0.1, 0.15) is 17.5 Å². The highest BCUT2D eigenvalue weighted by molar-refractivity contribution is 6.04. The van der Waals surface area contributed by atoms with E-state index in [0.717, 1.165) is 46.5 Å². The van der Waals surface area contributed by atoms with Gasteiger partial charge >= 0.3 is 0 Å². The molecule has 0 amide bonds. The zero-order valence-electron chi connectivity index (χ0n) is 12.5. The molecule has 0 radical (unpaired) electrons. The van der Waals surface area contributed by atoms with Gasteiger partial charge in [0.2, 0.25) is 0 Å². The van der Waals surface area contributed by atoms with Crippen LogP contribution in [0.2, 0.25) is 0 Å². The van der Waals surface area contributed by atoms with Gasteiger partial charge in [0.25, 0.3) is 0 Å². The Morgan fingerprint density at radius 3 is 2.57 bits per heavy atom. The summed E-state index contributed by atoms with van der Waals surface area (Å²) >= 11 is 0. The third-order valence-electron chi connectivity index (χ3n) is 4.24. The first-order valence-electron chi connectivity index (χ1n) is 7.57. The van der Waals surface area contributed by atoms with Crippen molar-refractivity contribution in [3.63, 3.8) is 0 Å². The first kappa shape index (κ1) is 13.6. The van der Waals surface area contributed by atoms with Gasteiger partial charge in [-0.2, -0.15) is 0 Å². The van der Waals surface area contributed by atoms with Gasteiger partial charge in [-0.25, -0.2) is 0 Å². The van der Waals surface area contributed by atoms with E-state index in [-0.39, 0.29) is 0 Å². The molecule has 4 nitrogen and oxygen atoms in total. The third-order valence-corrected chi connectivity index (χ3v) is 4.24. The molecule has 2 heterocycles. The molecule has 1 aromatic carbocycles. The van der Waals surface area contributed by atoms with Crippen LogP contribution in [-0.2, 0) is 6.42 Å². The lowest BCUT2D eigenvalue weighted by Crippen LogP contribution is -1.95. The lowest BCUT2D eigenvalue weighted by atomic mass is 9.97. The van der Waals surface area contributed by atoms with Crippen molar-refractivity contribution in [1.29, 1.82) is 0 Å². The summed E-state index contributed by atoms with van der Waals surface area (Å²) < 4.78 is 0. The number of hydrogen-bond acceptors (Lipinski definition) is 4. The summed E-state index contributed by atoms with van der Waals surface area (Å²) in [7, 11) is 0. The summed E-state index contributed by atoms with van der Waals surface area (Å²) in [5.74, 6) is 0. The molecule has 0 unspecified atom stereocenters. The van der Waals surface area contributed by atoms with Crippen molar-refractivity contribution in [3.8, 4) is 22.4 Å². The molecule has 0 spiro atoms. The monoisotopic (exact) mass is 301 g/mol. The molecule has 112 valence electrons. The van der Waals surface area contributed by atoms with Crippen LogP contribution in [0.5, 0.6) is 0 Å². The molecule has 2 aromatic heterocycles. The largest absolute Gasteiger partial charge is 0.411 e. The van der Waals surface area contributed by atoms with Crippen molar-refractivity contribution in [2.45, 2.75) is 12.8 Å².